The number of aryl methyl sites for hydroxylation is 2. The van der Waals surface area contributed by atoms with E-state index in [-0.39, 0.29) is 5.91 Å². The van der Waals surface area contributed by atoms with E-state index in [9.17, 15) is 4.79 Å². The van der Waals surface area contributed by atoms with Gasteiger partial charge in [0.25, 0.3) is 0 Å². The van der Waals surface area contributed by atoms with Crippen molar-refractivity contribution in [1.29, 1.82) is 0 Å². The highest BCUT2D eigenvalue weighted by Crippen LogP contribution is 2.22. The molecule has 1 aliphatic rings. The molecule has 1 aromatic heterocycles. The van der Waals surface area contributed by atoms with E-state index < -0.39 is 0 Å². The van der Waals surface area contributed by atoms with Crippen molar-refractivity contribution >= 4 is 23.8 Å². The lowest BCUT2D eigenvalue weighted by Gasteiger charge is -2.34. The van der Waals surface area contributed by atoms with Gasteiger partial charge in [0.1, 0.15) is 5.75 Å². The quantitative estimate of drug-likeness (QED) is 0.523. The van der Waals surface area contributed by atoms with Crippen molar-refractivity contribution in [3.05, 3.63) is 58.4 Å². The minimum Gasteiger partial charge on any atom is -0.497 e. The second-order valence-corrected chi connectivity index (χ2v) is 9.11. The molecule has 1 aliphatic heterocycles. The Bertz CT molecular complexity index is 1190. The molecule has 4 rings (SSSR count). The number of nitrogens with one attached hydrogen (secondary N) is 1. The molecule has 2 heterocycles. The highest BCUT2D eigenvalue weighted by Gasteiger charge is 2.21. The van der Waals surface area contributed by atoms with Gasteiger partial charge < -0.3 is 14.6 Å². The van der Waals surface area contributed by atoms with Gasteiger partial charge in [0.15, 0.2) is 10.6 Å². The van der Waals surface area contributed by atoms with E-state index in [0.29, 0.717) is 18.0 Å². The van der Waals surface area contributed by atoms with E-state index in [1.165, 1.54) is 0 Å². The van der Waals surface area contributed by atoms with Crippen molar-refractivity contribution in [1.82, 2.24) is 24.1 Å². The molecule has 8 nitrogen and oxygen atoms in total. The second kappa shape index (κ2) is 10.5. The molecule has 0 aliphatic carbocycles. The summed E-state index contributed by atoms with van der Waals surface area (Å²) in [7, 11) is 3.60. The van der Waals surface area contributed by atoms with E-state index in [2.05, 4.69) is 15.1 Å². The van der Waals surface area contributed by atoms with Gasteiger partial charge in [-0.15, -0.1) is 0 Å². The monoisotopic (exact) mass is 480 g/mol. The molecule has 0 bridgehead atoms. The number of piperazine rings is 1. The third kappa shape index (κ3) is 5.38. The molecule has 1 saturated heterocycles. The van der Waals surface area contributed by atoms with Crippen LogP contribution in [0.15, 0.2) is 42.5 Å². The van der Waals surface area contributed by atoms with Crippen LogP contribution in [0.5, 0.6) is 5.75 Å². The maximum atomic E-state index is 12.6. The molecule has 0 radical (unpaired) electrons. The molecule has 0 spiro atoms. The number of carbonyl (C=O) groups excluding carboxylic acids is 1. The number of anilines is 1. The third-order valence-electron chi connectivity index (χ3n) is 6.30. The number of para-hydroxylation sites is 1. The fraction of sp³-hybridized carbons (Fsp3) is 0.400. The van der Waals surface area contributed by atoms with Gasteiger partial charge in [0.2, 0.25) is 5.91 Å². The first-order valence-corrected chi connectivity index (χ1v) is 11.9. The smallest absolute Gasteiger partial charge is 0.238 e. The first-order valence-electron chi connectivity index (χ1n) is 11.4. The van der Waals surface area contributed by atoms with Crippen molar-refractivity contribution in [2.75, 3.05) is 45.2 Å². The normalized spacial score (nSPS) is 14.8. The fourth-order valence-electron chi connectivity index (χ4n) is 4.24. The van der Waals surface area contributed by atoms with E-state index >= 15 is 0 Å². The number of nitrogens with zero attached hydrogens (tertiary/aromatic N) is 5. The zero-order valence-electron chi connectivity index (χ0n) is 20.2. The minimum absolute atomic E-state index is 0.0296. The van der Waals surface area contributed by atoms with E-state index in [1.54, 1.807) is 7.11 Å². The Morgan fingerprint density at radius 1 is 1.03 bits per heavy atom. The number of rotatable bonds is 7. The molecular formula is C25H32N6O2S. The lowest BCUT2D eigenvalue weighted by atomic mass is 10.1. The van der Waals surface area contributed by atoms with E-state index in [1.807, 2.05) is 72.6 Å². The fourth-order valence-corrected chi connectivity index (χ4v) is 4.43. The standard InChI is InChI=1S/C25H32N6O2S/c1-18-6-5-7-19(2)23(18)26-22(32)16-29-12-14-30(15-13-29)17-31-25(34)28(3)24(27-31)20-8-10-21(33-4)11-9-20/h5-11H,12-17H2,1-4H3,(H,26,32). The molecule has 180 valence electrons. The molecule has 1 fully saturated rings. The predicted octanol–water partition coefficient (Wildman–Crippen LogP) is 3.46. The van der Waals surface area contributed by atoms with Crippen molar-refractivity contribution in [2.24, 2.45) is 7.05 Å². The molecular weight excluding hydrogens is 448 g/mol. The Morgan fingerprint density at radius 2 is 1.65 bits per heavy atom. The van der Waals surface area contributed by atoms with Crippen LogP contribution >= 0.6 is 12.2 Å². The average Bonchev–Trinajstić information content (AvgIpc) is 3.11. The molecule has 0 atom stereocenters. The topological polar surface area (TPSA) is 67.6 Å². The van der Waals surface area contributed by atoms with Crippen LogP contribution in [-0.4, -0.2) is 69.9 Å². The number of hydrogen-bond donors (Lipinski definition) is 1. The van der Waals surface area contributed by atoms with Crippen LogP contribution in [-0.2, 0) is 18.5 Å². The summed E-state index contributed by atoms with van der Waals surface area (Å²) in [5.41, 5.74) is 4.08. The molecule has 1 amide bonds. The molecule has 9 heteroatoms. The number of methoxy groups -OCH3 is 1. The zero-order chi connectivity index (χ0) is 24.2. The number of benzene rings is 2. The number of ether oxygens (including phenoxy) is 1. The summed E-state index contributed by atoms with van der Waals surface area (Å²) in [6.45, 7) is 8.42. The lowest BCUT2D eigenvalue weighted by Crippen LogP contribution is -2.49. The first kappa shape index (κ1) is 24.1. The average molecular weight is 481 g/mol. The Hall–Kier alpha value is -3.01. The summed E-state index contributed by atoms with van der Waals surface area (Å²) >= 11 is 5.64. The van der Waals surface area contributed by atoms with Crippen molar-refractivity contribution in [3.63, 3.8) is 0 Å². The van der Waals surface area contributed by atoms with E-state index in [0.717, 1.165) is 60.1 Å². The van der Waals surface area contributed by atoms with Gasteiger partial charge in [-0.05, 0) is 61.5 Å². The molecule has 1 N–H and O–H groups in total. The Morgan fingerprint density at radius 3 is 2.26 bits per heavy atom. The summed E-state index contributed by atoms with van der Waals surface area (Å²) in [5.74, 6) is 1.67. The highest BCUT2D eigenvalue weighted by atomic mass is 32.1. The van der Waals surface area contributed by atoms with Crippen LogP contribution in [0.25, 0.3) is 11.4 Å². The summed E-state index contributed by atoms with van der Waals surface area (Å²) in [6, 6.07) is 13.9. The lowest BCUT2D eigenvalue weighted by molar-refractivity contribution is -0.117. The zero-order valence-corrected chi connectivity index (χ0v) is 21.1. The number of amides is 1. The van der Waals surface area contributed by atoms with Crippen LogP contribution in [0.1, 0.15) is 11.1 Å². The first-order chi connectivity index (χ1) is 16.4. The summed E-state index contributed by atoms with van der Waals surface area (Å²) in [4.78, 5) is 17.1. The van der Waals surface area contributed by atoms with Gasteiger partial charge in [-0.1, -0.05) is 18.2 Å². The summed E-state index contributed by atoms with van der Waals surface area (Å²) in [6.07, 6.45) is 0. The Kier molecular flexibility index (Phi) is 7.45. The van der Waals surface area contributed by atoms with Crippen LogP contribution < -0.4 is 10.1 Å². The molecule has 3 aromatic rings. The van der Waals surface area contributed by atoms with Gasteiger partial charge >= 0.3 is 0 Å². The molecule has 2 aromatic carbocycles. The maximum absolute atomic E-state index is 12.6. The number of aromatic nitrogens is 3. The molecule has 34 heavy (non-hydrogen) atoms. The van der Waals surface area contributed by atoms with Gasteiger partial charge in [-0.3, -0.25) is 14.6 Å². The number of hydrogen-bond acceptors (Lipinski definition) is 6. The van der Waals surface area contributed by atoms with Crippen LogP contribution in [0.2, 0.25) is 0 Å². The largest absolute Gasteiger partial charge is 0.497 e. The highest BCUT2D eigenvalue weighted by molar-refractivity contribution is 7.71. The number of carbonyl (C=O) groups is 1. The SMILES string of the molecule is COc1ccc(-c2nn(CN3CCN(CC(=O)Nc4c(C)cccc4C)CC3)c(=S)n2C)cc1. The van der Waals surface area contributed by atoms with Crippen LogP contribution in [0.4, 0.5) is 5.69 Å². The van der Waals surface area contributed by atoms with Gasteiger partial charge in [-0.2, -0.15) is 5.10 Å². The van der Waals surface area contributed by atoms with Crippen LogP contribution in [0, 0.1) is 18.6 Å². The predicted molar refractivity (Wildman–Crippen MR) is 137 cm³/mol. The maximum Gasteiger partial charge on any atom is 0.238 e. The van der Waals surface area contributed by atoms with Crippen molar-refractivity contribution in [3.8, 4) is 17.1 Å². The van der Waals surface area contributed by atoms with Gasteiger partial charge in [-0.25, -0.2) is 4.68 Å². The minimum atomic E-state index is 0.0296. The van der Waals surface area contributed by atoms with Crippen LogP contribution in [0.3, 0.4) is 0 Å². The van der Waals surface area contributed by atoms with Gasteiger partial charge in [0.05, 0.1) is 20.3 Å². The third-order valence-corrected chi connectivity index (χ3v) is 6.79. The van der Waals surface area contributed by atoms with Crippen molar-refractivity contribution in [2.45, 2.75) is 20.5 Å². The summed E-state index contributed by atoms with van der Waals surface area (Å²) < 4.78 is 9.74. The second-order valence-electron chi connectivity index (χ2n) is 8.74. The van der Waals surface area contributed by atoms with E-state index in [4.69, 9.17) is 22.1 Å². The molecule has 0 unspecified atom stereocenters. The van der Waals surface area contributed by atoms with Gasteiger partial charge in [0, 0.05) is 44.5 Å². The Balaban J connectivity index is 1.32. The molecule has 0 saturated carbocycles. The van der Waals surface area contributed by atoms with Crippen molar-refractivity contribution < 1.29 is 9.53 Å². The Labute approximate surface area is 205 Å². The summed E-state index contributed by atoms with van der Waals surface area (Å²) in [5, 5.41) is 7.86.